The predicted molar refractivity (Wildman–Crippen MR) is 25.6 cm³/mol. The molecule has 1 rings (SSSR count). The van der Waals surface area contributed by atoms with Gasteiger partial charge in [0.15, 0.2) is 0 Å². The fourth-order valence-corrected chi connectivity index (χ4v) is 0.417. The molecule has 0 aliphatic rings. The smallest absolute Gasteiger partial charge is 0.309 e. The Morgan fingerprint density at radius 2 is 2.67 bits per heavy atom. The van der Waals surface area contributed by atoms with Gasteiger partial charge >= 0.3 is 5.97 Å². The van der Waals surface area contributed by atoms with Crippen LogP contribution < -0.4 is 0 Å². The second-order valence-electron chi connectivity index (χ2n) is 1.47. The van der Waals surface area contributed by atoms with Crippen molar-refractivity contribution in [3.63, 3.8) is 0 Å². The van der Waals surface area contributed by atoms with Gasteiger partial charge in [0.25, 0.3) is 0 Å². The lowest BCUT2D eigenvalue weighted by Gasteiger charge is -1.81. The standard InChI is InChI=1S/C4H4N2O3/c7-4(8)1-3-2-5-9-6-3/h2H,1H2,(H,7,8). The van der Waals surface area contributed by atoms with E-state index < -0.39 is 5.97 Å². The fourth-order valence-electron chi connectivity index (χ4n) is 0.417. The van der Waals surface area contributed by atoms with Crippen molar-refractivity contribution in [2.75, 3.05) is 0 Å². The molecule has 1 aromatic heterocycles. The molecule has 1 aromatic rings. The third-order valence-corrected chi connectivity index (χ3v) is 0.739. The molecule has 0 aliphatic heterocycles. The molecular weight excluding hydrogens is 124 g/mol. The second-order valence-corrected chi connectivity index (χ2v) is 1.47. The average molecular weight is 128 g/mol. The van der Waals surface area contributed by atoms with Crippen LogP contribution in [0.3, 0.4) is 0 Å². The van der Waals surface area contributed by atoms with Crippen molar-refractivity contribution in [2.24, 2.45) is 0 Å². The number of nitrogens with zero attached hydrogens (tertiary/aromatic N) is 2. The number of carboxylic acid groups (broad SMARTS) is 1. The number of aromatic nitrogens is 2. The summed E-state index contributed by atoms with van der Waals surface area (Å²) in [6.45, 7) is 0. The zero-order valence-electron chi connectivity index (χ0n) is 4.44. The van der Waals surface area contributed by atoms with Gasteiger partial charge in [0.2, 0.25) is 0 Å². The van der Waals surface area contributed by atoms with Crippen molar-refractivity contribution in [1.29, 1.82) is 0 Å². The number of hydrogen-bond donors (Lipinski definition) is 1. The molecule has 0 saturated heterocycles. The van der Waals surface area contributed by atoms with Crippen LogP contribution in [-0.2, 0) is 11.2 Å². The van der Waals surface area contributed by atoms with Gasteiger partial charge in [-0.1, -0.05) is 10.3 Å². The maximum absolute atomic E-state index is 9.96. The summed E-state index contributed by atoms with van der Waals surface area (Å²) in [5.41, 5.74) is 0.336. The van der Waals surface area contributed by atoms with Crippen LogP contribution in [0.25, 0.3) is 0 Å². The van der Waals surface area contributed by atoms with E-state index in [1.54, 1.807) is 0 Å². The number of aliphatic carboxylic acids is 1. The average Bonchev–Trinajstić information content (AvgIpc) is 2.15. The third kappa shape index (κ3) is 1.52. The van der Waals surface area contributed by atoms with Crippen LogP contribution in [0.4, 0.5) is 0 Å². The van der Waals surface area contributed by atoms with Gasteiger partial charge in [0, 0.05) is 0 Å². The van der Waals surface area contributed by atoms with E-state index in [2.05, 4.69) is 14.9 Å². The second kappa shape index (κ2) is 2.25. The van der Waals surface area contributed by atoms with Crippen molar-refractivity contribution in [3.8, 4) is 0 Å². The highest BCUT2D eigenvalue weighted by Crippen LogP contribution is 1.90. The van der Waals surface area contributed by atoms with Gasteiger partial charge in [0.05, 0.1) is 12.6 Å². The molecule has 0 aromatic carbocycles. The van der Waals surface area contributed by atoms with Crippen LogP contribution in [0.15, 0.2) is 10.8 Å². The minimum absolute atomic E-state index is 0.135. The Hall–Kier alpha value is -1.39. The summed E-state index contributed by atoms with van der Waals surface area (Å²) in [5.74, 6) is -0.939. The number of hydrogen-bond acceptors (Lipinski definition) is 4. The molecule has 0 fully saturated rings. The maximum atomic E-state index is 9.96. The molecule has 9 heavy (non-hydrogen) atoms. The molecule has 5 heteroatoms. The first kappa shape index (κ1) is 5.74. The molecule has 1 heterocycles. The van der Waals surface area contributed by atoms with Crippen molar-refractivity contribution in [1.82, 2.24) is 10.3 Å². The van der Waals surface area contributed by atoms with Crippen LogP contribution in [0.5, 0.6) is 0 Å². The van der Waals surface area contributed by atoms with Gasteiger partial charge < -0.3 is 5.11 Å². The SMILES string of the molecule is O=C(O)Cc1cnon1. The molecule has 0 saturated carbocycles. The van der Waals surface area contributed by atoms with E-state index in [4.69, 9.17) is 5.11 Å². The first-order valence-electron chi connectivity index (χ1n) is 2.27. The van der Waals surface area contributed by atoms with Gasteiger partial charge in [-0.05, 0) is 0 Å². The lowest BCUT2D eigenvalue weighted by Crippen LogP contribution is -1.99. The third-order valence-electron chi connectivity index (χ3n) is 0.739. The highest BCUT2D eigenvalue weighted by molar-refractivity contribution is 5.69. The first-order chi connectivity index (χ1) is 4.29. The Morgan fingerprint density at radius 1 is 1.89 bits per heavy atom. The van der Waals surface area contributed by atoms with Gasteiger partial charge in [-0.25, -0.2) is 4.63 Å². The van der Waals surface area contributed by atoms with Crippen molar-refractivity contribution in [3.05, 3.63) is 11.9 Å². The normalized spacial score (nSPS) is 9.33. The van der Waals surface area contributed by atoms with E-state index in [-0.39, 0.29) is 6.42 Å². The highest BCUT2D eigenvalue weighted by Gasteiger charge is 2.02. The summed E-state index contributed by atoms with van der Waals surface area (Å²) in [7, 11) is 0. The van der Waals surface area contributed by atoms with E-state index in [0.29, 0.717) is 5.69 Å². The highest BCUT2D eigenvalue weighted by atomic mass is 16.6. The molecule has 0 unspecified atom stereocenters. The van der Waals surface area contributed by atoms with Gasteiger partial charge in [-0.15, -0.1) is 0 Å². The minimum atomic E-state index is -0.939. The van der Waals surface area contributed by atoms with Crippen LogP contribution in [-0.4, -0.2) is 21.4 Å². The summed E-state index contributed by atoms with van der Waals surface area (Å²) in [6, 6.07) is 0. The Bertz CT molecular complexity index is 194. The summed E-state index contributed by atoms with van der Waals surface area (Å²) >= 11 is 0. The molecule has 48 valence electrons. The van der Waals surface area contributed by atoms with Crippen LogP contribution in [0.2, 0.25) is 0 Å². The van der Waals surface area contributed by atoms with E-state index in [0.717, 1.165) is 0 Å². The zero-order chi connectivity index (χ0) is 6.69. The van der Waals surface area contributed by atoms with Crippen molar-refractivity contribution in [2.45, 2.75) is 6.42 Å². The molecule has 0 spiro atoms. The molecule has 5 nitrogen and oxygen atoms in total. The topological polar surface area (TPSA) is 76.2 Å². The molecular formula is C4H4N2O3. The number of rotatable bonds is 2. The lowest BCUT2D eigenvalue weighted by molar-refractivity contribution is -0.136. The Morgan fingerprint density at radius 3 is 3.11 bits per heavy atom. The Labute approximate surface area is 50.3 Å². The van der Waals surface area contributed by atoms with Crippen molar-refractivity contribution < 1.29 is 14.5 Å². The summed E-state index contributed by atoms with van der Waals surface area (Å²) in [4.78, 5) is 9.96. The van der Waals surface area contributed by atoms with Crippen molar-refractivity contribution >= 4 is 5.97 Å². The van der Waals surface area contributed by atoms with Gasteiger partial charge in [-0.3, -0.25) is 4.79 Å². The molecule has 0 radical (unpaired) electrons. The summed E-state index contributed by atoms with van der Waals surface area (Å²) in [5, 5.41) is 14.7. The van der Waals surface area contributed by atoms with Crippen LogP contribution in [0, 0.1) is 0 Å². The maximum Gasteiger partial charge on any atom is 0.309 e. The predicted octanol–water partition coefficient (Wildman–Crippen LogP) is -0.303. The molecule has 1 N–H and O–H groups in total. The van der Waals surface area contributed by atoms with E-state index in [9.17, 15) is 4.79 Å². The monoisotopic (exact) mass is 128 g/mol. The van der Waals surface area contributed by atoms with Crippen LogP contribution in [0.1, 0.15) is 5.69 Å². The summed E-state index contributed by atoms with van der Waals surface area (Å²) < 4.78 is 4.15. The minimum Gasteiger partial charge on any atom is -0.481 e. The summed E-state index contributed by atoms with van der Waals surface area (Å²) in [6.07, 6.45) is 1.14. The van der Waals surface area contributed by atoms with Gasteiger partial charge in [0.1, 0.15) is 5.69 Å². The van der Waals surface area contributed by atoms with Gasteiger partial charge in [-0.2, -0.15) is 0 Å². The number of carboxylic acids is 1. The van der Waals surface area contributed by atoms with Crippen LogP contribution >= 0.6 is 0 Å². The Kier molecular flexibility index (Phi) is 1.44. The van der Waals surface area contributed by atoms with E-state index >= 15 is 0 Å². The van der Waals surface area contributed by atoms with E-state index in [1.807, 2.05) is 0 Å². The molecule has 0 aliphatic carbocycles. The lowest BCUT2D eigenvalue weighted by atomic mass is 10.3. The largest absolute Gasteiger partial charge is 0.481 e. The molecule has 0 bridgehead atoms. The quantitative estimate of drug-likeness (QED) is 0.591. The number of carbonyl (C=O) groups is 1. The molecule has 0 atom stereocenters. The Balaban J connectivity index is 2.58. The molecule has 0 amide bonds. The fraction of sp³-hybridized carbons (Fsp3) is 0.250. The zero-order valence-corrected chi connectivity index (χ0v) is 4.44. The van der Waals surface area contributed by atoms with E-state index in [1.165, 1.54) is 6.20 Å². The first-order valence-corrected chi connectivity index (χ1v) is 2.27.